The second-order valence-corrected chi connectivity index (χ2v) is 4.93. The molecule has 114 valence electrons. The summed E-state index contributed by atoms with van der Waals surface area (Å²) < 4.78 is 12.4. The number of nitrogens with one attached hydrogen (secondary N) is 1. The Bertz CT molecular complexity index is 537. The maximum Gasteiger partial charge on any atom is 0.203 e. The number of anilines is 1. The molecule has 1 aromatic heterocycles. The van der Waals surface area contributed by atoms with E-state index in [1.54, 1.807) is 14.2 Å². The van der Waals surface area contributed by atoms with Gasteiger partial charge in [-0.25, -0.2) is 4.98 Å². The van der Waals surface area contributed by atoms with Gasteiger partial charge in [0.25, 0.3) is 0 Å². The van der Waals surface area contributed by atoms with Gasteiger partial charge in [0.1, 0.15) is 5.75 Å². The Morgan fingerprint density at radius 3 is 2.67 bits per heavy atom. The van der Waals surface area contributed by atoms with Gasteiger partial charge in [-0.2, -0.15) is 0 Å². The molecule has 0 radical (unpaired) electrons. The van der Waals surface area contributed by atoms with Crippen LogP contribution in [-0.4, -0.2) is 30.4 Å². The van der Waals surface area contributed by atoms with Crippen LogP contribution < -0.4 is 10.1 Å². The van der Waals surface area contributed by atoms with Gasteiger partial charge >= 0.3 is 0 Å². The number of imidazole rings is 1. The number of aromatic nitrogens is 2. The van der Waals surface area contributed by atoms with Crippen molar-refractivity contribution in [2.75, 3.05) is 26.1 Å². The minimum Gasteiger partial charge on any atom is -0.497 e. The lowest BCUT2D eigenvalue weighted by molar-refractivity contribution is 0.190. The highest BCUT2D eigenvalue weighted by molar-refractivity contribution is 5.35. The van der Waals surface area contributed by atoms with Crippen LogP contribution in [0.4, 0.5) is 5.95 Å². The first-order valence-corrected chi connectivity index (χ1v) is 7.15. The smallest absolute Gasteiger partial charge is 0.203 e. The largest absolute Gasteiger partial charge is 0.497 e. The Hall–Kier alpha value is -2.01. The van der Waals surface area contributed by atoms with Crippen molar-refractivity contribution < 1.29 is 9.47 Å². The number of hydrogen-bond donors (Lipinski definition) is 1. The standard InChI is InChI=1S/C16H23N3O2/c1-13(14-5-7-15(21-3)8-6-14)18-16-17-9-11-19(16)10-4-12-20-2/h5-9,11,13H,4,10,12H2,1-3H3,(H,17,18). The van der Waals surface area contributed by atoms with Gasteiger partial charge in [-0.05, 0) is 31.0 Å². The number of benzene rings is 1. The van der Waals surface area contributed by atoms with E-state index in [1.807, 2.05) is 24.5 Å². The Balaban J connectivity index is 1.98. The number of methoxy groups -OCH3 is 2. The molecule has 0 saturated heterocycles. The molecule has 0 aliphatic carbocycles. The van der Waals surface area contributed by atoms with Crippen LogP contribution in [0.1, 0.15) is 24.9 Å². The third-order valence-corrected chi connectivity index (χ3v) is 3.42. The summed E-state index contributed by atoms with van der Waals surface area (Å²) in [4.78, 5) is 4.38. The summed E-state index contributed by atoms with van der Waals surface area (Å²) in [7, 11) is 3.40. The molecule has 1 unspecified atom stereocenters. The van der Waals surface area contributed by atoms with Crippen LogP contribution in [0.3, 0.4) is 0 Å². The van der Waals surface area contributed by atoms with E-state index in [-0.39, 0.29) is 6.04 Å². The van der Waals surface area contributed by atoms with E-state index in [2.05, 4.69) is 33.9 Å². The highest BCUT2D eigenvalue weighted by Gasteiger charge is 2.09. The van der Waals surface area contributed by atoms with E-state index in [1.165, 1.54) is 5.56 Å². The lowest BCUT2D eigenvalue weighted by Crippen LogP contribution is -2.12. The first kappa shape index (κ1) is 15.4. The monoisotopic (exact) mass is 289 g/mol. The molecule has 2 rings (SSSR count). The zero-order chi connectivity index (χ0) is 15.1. The topological polar surface area (TPSA) is 48.3 Å². The fourth-order valence-corrected chi connectivity index (χ4v) is 2.18. The van der Waals surface area contributed by atoms with Gasteiger partial charge in [-0.15, -0.1) is 0 Å². The molecular weight excluding hydrogens is 266 g/mol. The van der Waals surface area contributed by atoms with Crippen molar-refractivity contribution >= 4 is 5.95 Å². The quantitative estimate of drug-likeness (QED) is 0.759. The fraction of sp³-hybridized carbons (Fsp3) is 0.438. The van der Waals surface area contributed by atoms with Gasteiger partial charge in [0.2, 0.25) is 5.95 Å². The maximum absolute atomic E-state index is 5.18. The highest BCUT2D eigenvalue weighted by atomic mass is 16.5. The van der Waals surface area contributed by atoms with Crippen molar-refractivity contribution in [1.29, 1.82) is 0 Å². The summed E-state index contributed by atoms with van der Waals surface area (Å²) >= 11 is 0. The van der Waals surface area contributed by atoms with Crippen LogP contribution in [0.5, 0.6) is 5.75 Å². The number of hydrogen-bond acceptors (Lipinski definition) is 4. The van der Waals surface area contributed by atoms with E-state index >= 15 is 0 Å². The molecule has 0 saturated carbocycles. The van der Waals surface area contributed by atoms with Gasteiger partial charge in [-0.3, -0.25) is 0 Å². The zero-order valence-electron chi connectivity index (χ0n) is 12.9. The molecule has 1 atom stereocenters. The molecule has 21 heavy (non-hydrogen) atoms. The van der Waals surface area contributed by atoms with Crippen molar-refractivity contribution in [2.45, 2.75) is 25.9 Å². The molecule has 0 spiro atoms. The van der Waals surface area contributed by atoms with Crippen LogP contribution in [0.15, 0.2) is 36.7 Å². The van der Waals surface area contributed by atoms with Crippen molar-refractivity contribution in [2.24, 2.45) is 0 Å². The third-order valence-electron chi connectivity index (χ3n) is 3.42. The lowest BCUT2D eigenvalue weighted by atomic mass is 10.1. The van der Waals surface area contributed by atoms with E-state index in [9.17, 15) is 0 Å². The second kappa shape index (κ2) is 7.69. The molecule has 1 aromatic carbocycles. The number of ether oxygens (including phenoxy) is 2. The summed E-state index contributed by atoms with van der Waals surface area (Å²) in [6.45, 7) is 3.77. The zero-order valence-corrected chi connectivity index (χ0v) is 12.9. The minimum absolute atomic E-state index is 0.180. The normalized spacial score (nSPS) is 12.1. The lowest BCUT2D eigenvalue weighted by Gasteiger charge is -2.16. The predicted octanol–water partition coefficient (Wildman–Crippen LogP) is 3.10. The van der Waals surface area contributed by atoms with Crippen molar-refractivity contribution in [3.05, 3.63) is 42.2 Å². The first-order valence-electron chi connectivity index (χ1n) is 7.15. The van der Waals surface area contributed by atoms with Gasteiger partial charge in [0.05, 0.1) is 13.2 Å². The Labute approximate surface area is 125 Å². The summed E-state index contributed by atoms with van der Waals surface area (Å²) in [6, 6.07) is 8.25. The van der Waals surface area contributed by atoms with Gasteiger partial charge < -0.3 is 19.4 Å². The van der Waals surface area contributed by atoms with Crippen molar-refractivity contribution in [1.82, 2.24) is 9.55 Å². The molecule has 2 aromatic rings. The van der Waals surface area contributed by atoms with Crippen LogP contribution in [-0.2, 0) is 11.3 Å². The average Bonchev–Trinajstić information content (AvgIpc) is 2.95. The summed E-state index contributed by atoms with van der Waals surface area (Å²) in [5.74, 6) is 1.75. The Kier molecular flexibility index (Phi) is 5.63. The molecular formula is C16H23N3O2. The molecule has 5 nitrogen and oxygen atoms in total. The van der Waals surface area contributed by atoms with Crippen LogP contribution in [0.2, 0.25) is 0 Å². The Morgan fingerprint density at radius 1 is 1.24 bits per heavy atom. The van der Waals surface area contributed by atoms with E-state index in [0.29, 0.717) is 0 Å². The number of nitrogens with zero attached hydrogens (tertiary/aromatic N) is 2. The highest BCUT2D eigenvalue weighted by Crippen LogP contribution is 2.21. The predicted molar refractivity (Wildman–Crippen MR) is 83.8 cm³/mol. The van der Waals surface area contributed by atoms with E-state index < -0.39 is 0 Å². The SMILES string of the molecule is COCCCn1ccnc1NC(C)c1ccc(OC)cc1. The summed E-state index contributed by atoms with van der Waals surface area (Å²) in [5, 5.41) is 3.44. The van der Waals surface area contributed by atoms with E-state index in [4.69, 9.17) is 9.47 Å². The molecule has 0 bridgehead atoms. The maximum atomic E-state index is 5.18. The van der Waals surface area contributed by atoms with Gasteiger partial charge in [-0.1, -0.05) is 12.1 Å². The fourth-order valence-electron chi connectivity index (χ4n) is 2.18. The molecule has 1 N–H and O–H groups in total. The van der Waals surface area contributed by atoms with Crippen molar-refractivity contribution in [3.8, 4) is 5.75 Å². The molecule has 0 aliphatic heterocycles. The van der Waals surface area contributed by atoms with Gasteiger partial charge in [0, 0.05) is 32.7 Å². The molecule has 0 amide bonds. The Morgan fingerprint density at radius 2 is 2.00 bits per heavy atom. The van der Waals surface area contributed by atoms with Crippen molar-refractivity contribution in [3.63, 3.8) is 0 Å². The molecule has 0 aliphatic rings. The number of aryl methyl sites for hydroxylation is 1. The minimum atomic E-state index is 0.180. The summed E-state index contributed by atoms with van der Waals surface area (Å²) in [6.07, 6.45) is 4.77. The van der Waals surface area contributed by atoms with Crippen LogP contribution >= 0.6 is 0 Å². The number of rotatable bonds is 8. The van der Waals surface area contributed by atoms with Crippen LogP contribution in [0.25, 0.3) is 0 Å². The van der Waals surface area contributed by atoms with Crippen LogP contribution in [0, 0.1) is 0 Å². The molecule has 0 fully saturated rings. The average molecular weight is 289 g/mol. The molecule has 5 heteroatoms. The summed E-state index contributed by atoms with van der Waals surface area (Å²) in [5.41, 5.74) is 1.20. The molecule has 1 heterocycles. The first-order chi connectivity index (χ1) is 10.2. The van der Waals surface area contributed by atoms with E-state index in [0.717, 1.165) is 31.3 Å². The second-order valence-electron chi connectivity index (χ2n) is 4.93. The third kappa shape index (κ3) is 4.23. The van der Waals surface area contributed by atoms with Gasteiger partial charge in [0.15, 0.2) is 0 Å².